The molecule has 138 valence electrons. The third kappa shape index (κ3) is 3.95. The molecule has 0 aliphatic carbocycles. The molecule has 2 aromatic rings. The number of fused-ring (bicyclic) bond motifs is 1. The highest BCUT2D eigenvalue weighted by molar-refractivity contribution is 6.46. The number of hydrogen-bond acceptors (Lipinski definition) is 3. The number of amides is 1. The monoisotopic (exact) mass is 364 g/mol. The summed E-state index contributed by atoms with van der Waals surface area (Å²) in [5.74, 6) is -0.571. The van der Waals surface area contributed by atoms with Crippen molar-refractivity contribution in [3.63, 3.8) is 0 Å². The number of carbonyl (C=O) groups excluding carboxylic acids is 1. The number of aryl methyl sites for hydroxylation is 2. The molecule has 1 aromatic carbocycles. The maximum atomic E-state index is 12.4. The molecule has 1 N–H and O–H groups in total. The summed E-state index contributed by atoms with van der Waals surface area (Å²) in [7, 11) is 1.82. The van der Waals surface area contributed by atoms with E-state index in [2.05, 4.69) is 15.4 Å². The lowest BCUT2D eigenvalue weighted by atomic mass is 9.89. The smallest absolute Gasteiger partial charge is 0.350 e. The highest BCUT2D eigenvalue weighted by Crippen LogP contribution is 2.28. The number of aliphatic imine (C=N–C) groups is 1. The number of nitrogens with zero attached hydrogens (tertiary/aromatic N) is 3. The van der Waals surface area contributed by atoms with Crippen LogP contribution in [0.3, 0.4) is 0 Å². The van der Waals surface area contributed by atoms with Gasteiger partial charge in [-0.05, 0) is 36.1 Å². The molecule has 26 heavy (non-hydrogen) atoms. The van der Waals surface area contributed by atoms with Gasteiger partial charge in [0.25, 0.3) is 5.91 Å². The minimum Gasteiger partial charge on any atom is -0.350 e. The first-order valence-corrected chi connectivity index (χ1v) is 8.27. The normalized spacial score (nSPS) is 14.0. The summed E-state index contributed by atoms with van der Waals surface area (Å²) in [6.07, 6.45) is -1.07. The van der Waals surface area contributed by atoms with Crippen molar-refractivity contribution in [2.45, 2.75) is 25.9 Å². The van der Waals surface area contributed by atoms with Crippen LogP contribution >= 0.6 is 0 Å². The number of carbonyl (C=O) groups is 1. The summed E-state index contributed by atoms with van der Waals surface area (Å²) in [6.45, 7) is 1.95. The molecule has 0 radical (unpaired) electrons. The van der Waals surface area contributed by atoms with Gasteiger partial charge in [0.15, 0.2) is 0 Å². The topological polar surface area (TPSA) is 59.3 Å². The molecule has 0 saturated heterocycles. The van der Waals surface area contributed by atoms with Gasteiger partial charge in [0.2, 0.25) is 0 Å². The summed E-state index contributed by atoms with van der Waals surface area (Å²) >= 11 is 0. The number of halogens is 3. The van der Waals surface area contributed by atoms with Crippen LogP contribution in [0.15, 0.2) is 29.5 Å². The Labute approximate surface area is 148 Å². The van der Waals surface area contributed by atoms with E-state index in [9.17, 15) is 18.0 Å². The number of benzene rings is 1. The Bertz CT molecular complexity index is 868. The third-order valence-corrected chi connectivity index (χ3v) is 4.31. The fourth-order valence-electron chi connectivity index (χ4n) is 3.06. The summed E-state index contributed by atoms with van der Waals surface area (Å²) in [5.41, 5.74) is 4.71. The van der Waals surface area contributed by atoms with Crippen LogP contribution in [0.2, 0.25) is 0 Å². The lowest BCUT2D eigenvalue weighted by Gasteiger charge is -2.20. The van der Waals surface area contributed by atoms with Gasteiger partial charge in [-0.25, -0.2) is 0 Å². The summed E-state index contributed by atoms with van der Waals surface area (Å²) in [6, 6.07) is 3.89. The minimum absolute atomic E-state index is 0.197. The quantitative estimate of drug-likeness (QED) is 0.907. The van der Waals surface area contributed by atoms with Gasteiger partial charge >= 0.3 is 6.18 Å². The SMILES string of the molecule is Cc1cc(-c2cnn(C)c2)cc2c1CCN=C2C(=O)NCCC(F)(F)F. The van der Waals surface area contributed by atoms with Crippen LogP contribution in [-0.4, -0.2) is 40.7 Å². The molecule has 2 heterocycles. The van der Waals surface area contributed by atoms with Gasteiger partial charge < -0.3 is 5.32 Å². The van der Waals surface area contributed by atoms with Crippen LogP contribution in [0.5, 0.6) is 0 Å². The predicted molar refractivity (Wildman–Crippen MR) is 92.2 cm³/mol. The van der Waals surface area contributed by atoms with Gasteiger partial charge in [-0.2, -0.15) is 18.3 Å². The van der Waals surface area contributed by atoms with E-state index < -0.39 is 25.0 Å². The first kappa shape index (κ1) is 18.2. The predicted octanol–water partition coefficient (Wildman–Crippen LogP) is 2.81. The largest absolute Gasteiger partial charge is 0.390 e. The maximum Gasteiger partial charge on any atom is 0.390 e. The number of aromatic nitrogens is 2. The van der Waals surface area contributed by atoms with E-state index in [1.54, 1.807) is 10.9 Å². The molecule has 1 amide bonds. The zero-order chi connectivity index (χ0) is 18.9. The van der Waals surface area contributed by atoms with Gasteiger partial charge in [0.1, 0.15) is 5.71 Å². The Balaban J connectivity index is 1.88. The molecule has 3 rings (SSSR count). The van der Waals surface area contributed by atoms with E-state index >= 15 is 0 Å². The van der Waals surface area contributed by atoms with Crippen molar-refractivity contribution < 1.29 is 18.0 Å². The average molecular weight is 364 g/mol. The van der Waals surface area contributed by atoms with E-state index in [1.807, 2.05) is 32.3 Å². The Morgan fingerprint density at radius 1 is 1.31 bits per heavy atom. The standard InChI is InChI=1S/C18H19F3N4O/c1-11-7-12(13-9-24-25(2)10-13)8-15-14(11)3-5-22-16(15)17(26)23-6-4-18(19,20)21/h7-10H,3-6H2,1-2H3,(H,23,26). The fraction of sp³-hybridized carbons (Fsp3) is 0.389. The molecule has 1 aromatic heterocycles. The number of nitrogens with one attached hydrogen (secondary N) is 1. The molecular formula is C18H19F3N4O. The number of rotatable bonds is 4. The van der Waals surface area contributed by atoms with Crippen molar-refractivity contribution in [3.8, 4) is 11.1 Å². The first-order chi connectivity index (χ1) is 12.2. The van der Waals surface area contributed by atoms with E-state index in [-0.39, 0.29) is 5.71 Å². The summed E-state index contributed by atoms with van der Waals surface area (Å²) in [4.78, 5) is 16.7. The average Bonchev–Trinajstić information content (AvgIpc) is 2.99. The number of alkyl halides is 3. The lowest BCUT2D eigenvalue weighted by molar-refractivity contribution is -0.134. The molecule has 1 aliphatic rings. The Morgan fingerprint density at radius 3 is 2.73 bits per heavy atom. The molecule has 0 atom stereocenters. The van der Waals surface area contributed by atoms with Crippen molar-refractivity contribution in [3.05, 3.63) is 41.2 Å². The van der Waals surface area contributed by atoms with Gasteiger partial charge in [-0.1, -0.05) is 6.07 Å². The highest BCUT2D eigenvalue weighted by atomic mass is 19.4. The van der Waals surface area contributed by atoms with Gasteiger partial charge in [0, 0.05) is 37.5 Å². The van der Waals surface area contributed by atoms with Crippen molar-refractivity contribution in [1.82, 2.24) is 15.1 Å². The molecule has 0 fully saturated rings. The molecule has 0 unspecified atom stereocenters. The maximum absolute atomic E-state index is 12.4. The fourth-order valence-corrected chi connectivity index (χ4v) is 3.06. The molecule has 1 aliphatic heterocycles. The third-order valence-electron chi connectivity index (χ3n) is 4.31. The molecule has 5 nitrogen and oxygen atoms in total. The second-order valence-corrected chi connectivity index (χ2v) is 6.32. The Kier molecular flexibility index (Phi) is 4.84. The van der Waals surface area contributed by atoms with E-state index in [4.69, 9.17) is 0 Å². The van der Waals surface area contributed by atoms with Gasteiger partial charge in [-0.3, -0.25) is 14.5 Å². The van der Waals surface area contributed by atoms with Gasteiger partial charge in [0.05, 0.1) is 12.6 Å². The molecule has 0 saturated carbocycles. The second-order valence-electron chi connectivity index (χ2n) is 6.32. The van der Waals surface area contributed by atoms with Gasteiger partial charge in [-0.15, -0.1) is 0 Å². The van der Waals surface area contributed by atoms with Crippen molar-refractivity contribution in [2.75, 3.05) is 13.1 Å². The van der Waals surface area contributed by atoms with E-state index in [1.165, 1.54) is 0 Å². The lowest BCUT2D eigenvalue weighted by Crippen LogP contribution is -2.36. The van der Waals surface area contributed by atoms with Crippen LogP contribution in [0, 0.1) is 6.92 Å². The second kappa shape index (κ2) is 6.93. The molecule has 8 heteroatoms. The van der Waals surface area contributed by atoms with Crippen molar-refractivity contribution >= 4 is 11.6 Å². The van der Waals surface area contributed by atoms with Crippen LogP contribution in [0.4, 0.5) is 13.2 Å². The van der Waals surface area contributed by atoms with Crippen LogP contribution < -0.4 is 5.32 Å². The Hall–Kier alpha value is -2.64. The van der Waals surface area contributed by atoms with Crippen LogP contribution in [-0.2, 0) is 18.3 Å². The van der Waals surface area contributed by atoms with E-state index in [0.29, 0.717) is 18.5 Å². The molecular weight excluding hydrogens is 345 g/mol. The highest BCUT2D eigenvalue weighted by Gasteiger charge is 2.28. The minimum atomic E-state index is -4.30. The zero-order valence-corrected chi connectivity index (χ0v) is 14.5. The Morgan fingerprint density at radius 2 is 2.08 bits per heavy atom. The van der Waals surface area contributed by atoms with Crippen molar-refractivity contribution in [1.29, 1.82) is 0 Å². The van der Waals surface area contributed by atoms with E-state index in [0.717, 1.165) is 22.3 Å². The van der Waals surface area contributed by atoms with Crippen molar-refractivity contribution in [2.24, 2.45) is 12.0 Å². The molecule has 0 spiro atoms. The summed E-state index contributed by atoms with van der Waals surface area (Å²) < 4.78 is 38.6. The zero-order valence-electron chi connectivity index (χ0n) is 14.5. The van der Waals surface area contributed by atoms with Crippen LogP contribution in [0.1, 0.15) is 23.1 Å². The first-order valence-electron chi connectivity index (χ1n) is 8.27. The number of hydrogen-bond donors (Lipinski definition) is 1. The molecule has 0 bridgehead atoms. The van der Waals surface area contributed by atoms with Crippen LogP contribution in [0.25, 0.3) is 11.1 Å². The summed E-state index contributed by atoms with van der Waals surface area (Å²) in [5, 5.41) is 6.48.